The highest BCUT2D eigenvalue weighted by Gasteiger charge is 2.14. The summed E-state index contributed by atoms with van der Waals surface area (Å²) in [7, 11) is 1.33. The summed E-state index contributed by atoms with van der Waals surface area (Å²) in [4.78, 5) is 12.0. The summed E-state index contributed by atoms with van der Waals surface area (Å²) in [5.74, 6) is -1.36. The minimum Gasteiger partial charge on any atom is -0.505 e. The standard InChI is InChI=1S/C14H13FN2O3/c1-20-12-7-8(5-6-10(12)15)17-14(19)9-3-2-4-11(16)13(9)18/h2-7,18H,16H2,1H3,(H,17,19). The van der Waals surface area contributed by atoms with Crippen molar-refractivity contribution >= 4 is 17.3 Å². The number of hydrogen-bond donors (Lipinski definition) is 3. The molecule has 2 aromatic carbocycles. The van der Waals surface area contributed by atoms with Crippen LogP contribution in [-0.2, 0) is 0 Å². The van der Waals surface area contributed by atoms with E-state index in [0.717, 1.165) is 0 Å². The first-order valence-electron chi connectivity index (χ1n) is 5.75. The predicted octanol–water partition coefficient (Wildman–Crippen LogP) is 2.37. The predicted molar refractivity (Wildman–Crippen MR) is 73.4 cm³/mol. The number of phenols is 1. The highest BCUT2D eigenvalue weighted by Crippen LogP contribution is 2.26. The number of hydrogen-bond acceptors (Lipinski definition) is 4. The number of aromatic hydroxyl groups is 1. The summed E-state index contributed by atoms with van der Waals surface area (Å²) in [6.45, 7) is 0. The van der Waals surface area contributed by atoms with E-state index in [1.165, 1.54) is 37.4 Å². The van der Waals surface area contributed by atoms with Gasteiger partial charge in [0.15, 0.2) is 17.3 Å². The van der Waals surface area contributed by atoms with E-state index in [2.05, 4.69) is 5.32 Å². The number of carbonyl (C=O) groups excluding carboxylic acids is 1. The molecule has 0 heterocycles. The molecule has 0 fully saturated rings. The number of para-hydroxylation sites is 1. The van der Waals surface area contributed by atoms with E-state index < -0.39 is 11.7 Å². The molecule has 0 aliphatic heterocycles. The molecular formula is C14H13FN2O3. The van der Waals surface area contributed by atoms with Crippen molar-refractivity contribution in [1.29, 1.82) is 0 Å². The molecule has 2 aromatic rings. The number of amides is 1. The van der Waals surface area contributed by atoms with E-state index in [-0.39, 0.29) is 22.7 Å². The van der Waals surface area contributed by atoms with Crippen LogP contribution in [0.4, 0.5) is 15.8 Å². The van der Waals surface area contributed by atoms with Crippen LogP contribution in [0.15, 0.2) is 36.4 Å². The maximum Gasteiger partial charge on any atom is 0.259 e. The van der Waals surface area contributed by atoms with Crippen LogP contribution in [0.3, 0.4) is 0 Å². The Morgan fingerprint density at radius 2 is 2.10 bits per heavy atom. The summed E-state index contributed by atoms with van der Waals surface area (Å²) in [6, 6.07) is 8.37. The van der Waals surface area contributed by atoms with Crippen molar-refractivity contribution in [2.75, 3.05) is 18.2 Å². The molecule has 0 saturated carbocycles. The fourth-order valence-electron chi connectivity index (χ4n) is 1.68. The molecule has 104 valence electrons. The first kappa shape index (κ1) is 13.7. The summed E-state index contributed by atoms with van der Waals surface area (Å²) >= 11 is 0. The SMILES string of the molecule is COc1cc(NC(=O)c2cccc(N)c2O)ccc1F. The molecule has 0 aliphatic rings. The van der Waals surface area contributed by atoms with E-state index in [4.69, 9.17) is 10.5 Å². The number of benzene rings is 2. The molecule has 0 aromatic heterocycles. The second-order valence-corrected chi connectivity index (χ2v) is 4.05. The van der Waals surface area contributed by atoms with Crippen LogP contribution < -0.4 is 15.8 Å². The summed E-state index contributed by atoms with van der Waals surface area (Å²) in [6.07, 6.45) is 0. The van der Waals surface area contributed by atoms with Crippen molar-refractivity contribution in [3.8, 4) is 11.5 Å². The van der Waals surface area contributed by atoms with Crippen molar-refractivity contribution in [3.63, 3.8) is 0 Å². The Hall–Kier alpha value is -2.76. The molecule has 0 atom stereocenters. The quantitative estimate of drug-likeness (QED) is 0.593. The van der Waals surface area contributed by atoms with Gasteiger partial charge < -0.3 is 20.9 Å². The van der Waals surface area contributed by atoms with Crippen LogP contribution >= 0.6 is 0 Å². The van der Waals surface area contributed by atoms with Crippen LogP contribution in [0.5, 0.6) is 11.5 Å². The monoisotopic (exact) mass is 276 g/mol. The van der Waals surface area contributed by atoms with Gasteiger partial charge in [-0.05, 0) is 24.3 Å². The Morgan fingerprint density at radius 1 is 1.35 bits per heavy atom. The van der Waals surface area contributed by atoms with Gasteiger partial charge >= 0.3 is 0 Å². The zero-order valence-corrected chi connectivity index (χ0v) is 10.7. The molecule has 1 amide bonds. The normalized spacial score (nSPS) is 10.1. The third-order valence-electron chi connectivity index (χ3n) is 2.72. The highest BCUT2D eigenvalue weighted by atomic mass is 19.1. The Kier molecular flexibility index (Phi) is 3.74. The maximum absolute atomic E-state index is 13.3. The average Bonchev–Trinajstić information content (AvgIpc) is 2.43. The number of nitrogens with one attached hydrogen (secondary N) is 1. The largest absolute Gasteiger partial charge is 0.505 e. The van der Waals surface area contributed by atoms with Gasteiger partial charge in [0.05, 0.1) is 18.4 Å². The molecular weight excluding hydrogens is 263 g/mol. The Morgan fingerprint density at radius 3 is 2.80 bits per heavy atom. The van der Waals surface area contributed by atoms with E-state index >= 15 is 0 Å². The van der Waals surface area contributed by atoms with Crippen molar-refractivity contribution in [2.45, 2.75) is 0 Å². The van der Waals surface area contributed by atoms with Crippen LogP contribution in [0, 0.1) is 5.82 Å². The maximum atomic E-state index is 13.3. The van der Waals surface area contributed by atoms with Gasteiger partial charge in [0, 0.05) is 11.8 Å². The van der Waals surface area contributed by atoms with E-state index in [1.54, 1.807) is 6.07 Å². The lowest BCUT2D eigenvalue weighted by atomic mass is 10.1. The minimum absolute atomic E-state index is 0.0135. The summed E-state index contributed by atoms with van der Waals surface area (Å²) in [5.41, 5.74) is 6.00. The molecule has 0 radical (unpaired) electrons. The van der Waals surface area contributed by atoms with Gasteiger partial charge in [0.1, 0.15) is 0 Å². The molecule has 5 nitrogen and oxygen atoms in total. The topological polar surface area (TPSA) is 84.6 Å². The molecule has 6 heteroatoms. The lowest BCUT2D eigenvalue weighted by Crippen LogP contribution is -2.12. The summed E-state index contributed by atoms with van der Waals surface area (Å²) in [5, 5.41) is 12.2. The number of nitrogens with two attached hydrogens (primary N) is 1. The molecule has 0 unspecified atom stereocenters. The highest BCUT2D eigenvalue weighted by molar-refractivity contribution is 6.07. The number of anilines is 2. The van der Waals surface area contributed by atoms with Gasteiger partial charge in [-0.15, -0.1) is 0 Å². The molecule has 0 spiro atoms. The fraction of sp³-hybridized carbons (Fsp3) is 0.0714. The Labute approximate surface area is 114 Å². The lowest BCUT2D eigenvalue weighted by Gasteiger charge is -2.09. The Bertz CT molecular complexity index is 659. The molecule has 20 heavy (non-hydrogen) atoms. The molecule has 0 saturated heterocycles. The second kappa shape index (κ2) is 5.48. The number of halogens is 1. The van der Waals surface area contributed by atoms with Gasteiger partial charge in [-0.3, -0.25) is 4.79 Å². The minimum atomic E-state index is -0.552. The van der Waals surface area contributed by atoms with Crippen LogP contribution in [0.25, 0.3) is 0 Å². The van der Waals surface area contributed by atoms with Crippen LogP contribution in [0.2, 0.25) is 0 Å². The molecule has 4 N–H and O–H groups in total. The first-order chi connectivity index (χ1) is 9.52. The van der Waals surface area contributed by atoms with E-state index in [0.29, 0.717) is 5.69 Å². The first-order valence-corrected chi connectivity index (χ1v) is 5.75. The van der Waals surface area contributed by atoms with Gasteiger partial charge in [0.2, 0.25) is 0 Å². The average molecular weight is 276 g/mol. The second-order valence-electron chi connectivity index (χ2n) is 4.05. The molecule has 2 rings (SSSR count). The van der Waals surface area contributed by atoms with Crippen molar-refractivity contribution in [1.82, 2.24) is 0 Å². The van der Waals surface area contributed by atoms with Crippen molar-refractivity contribution < 1.29 is 19.0 Å². The third kappa shape index (κ3) is 2.64. The van der Waals surface area contributed by atoms with E-state index in [9.17, 15) is 14.3 Å². The zero-order chi connectivity index (χ0) is 14.7. The molecule has 0 aliphatic carbocycles. The lowest BCUT2D eigenvalue weighted by molar-refractivity contribution is 0.102. The van der Waals surface area contributed by atoms with Crippen LogP contribution in [-0.4, -0.2) is 18.1 Å². The Balaban J connectivity index is 2.26. The third-order valence-corrected chi connectivity index (χ3v) is 2.72. The van der Waals surface area contributed by atoms with Crippen molar-refractivity contribution in [2.24, 2.45) is 0 Å². The van der Waals surface area contributed by atoms with Gasteiger partial charge in [-0.1, -0.05) is 6.07 Å². The number of rotatable bonds is 3. The van der Waals surface area contributed by atoms with Crippen molar-refractivity contribution in [3.05, 3.63) is 47.8 Å². The number of ether oxygens (including phenoxy) is 1. The van der Waals surface area contributed by atoms with Gasteiger partial charge in [-0.25, -0.2) is 4.39 Å². The summed E-state index contributed by atoms with van der Waals surface area (Å²) < 4.78 is 18.1. The fourth-order valence-corrected chi connectivity index (χ4v) is 1.68. The van der Waals surface area contributed by atoms with Gasteiger partial charge in [0.25, 0.3) is 5.91 Å². The number of phenolic OH excluding ortho intramolecular Hbond substituents is 1. The smallest absolute Gasteiger partial charge is 0.259 e. The van der Waals surface area contributed by atoms with Gasteiger partial charge in [-0.2, -0.15) is 0 Å². The van der Waals surface area contributed by atoms with Crippen LogP contribution in [0.1, 0.15) is 10.4 Å². The number of methoxy groups -OCH3 is 1. The zero-order valence-electron chi connectivity index (χ0n) is 10.7. The number of nitrogen functional groups attached to an aromatic ring is 1. The number of carbonyl (C=O) groups is 1. The molecule has 0 bridgehead atoms. The van der Waals surface area contributed by atoms with E-state index in [1.807, 2.05) is 0 Å².